The summed E-state index contributed by atoms with van der Waals surface area (Å²) in [5.41, 5.74) is 1.66. The maximum absolute atomic E-state index is 12.9. The van der Waals surface area contributed by atoms with Crippen LogP contribution < -0.4 is 4.90 Å². The van der Waals surface area contributed by atoms with Crippen molar-refractivity contribution >= 4 is 23.4 Å². The maximum Gasteiger partial charge on any atom is 0.374 e. The van der Waals surface area contributed by atoms with Gasteiger partial charge in [-0.1, -0.05) is 48.5 Å². The molecule has 6 heteroatoms. The van der Waals surface area contributed by atoms with Crippen LogP contribution in [-0.4, -0.2) is 37.4 Å². The van der Waals surface area contributed by atoms with Crippen LogP contribution in [0.4, 0.5) is 5.69 Å². The minimum atomic E-state index is -0.934. The number of hydrogen-bond donors (Lipinski definition) is 0. The molecule has 1 heterocycles. The summed E-state index contributed by atoms with van der Waals surface area (Å²) >= 11 is 0. The molecule has 27 heavy (non-hydrogen) atoms. The van der Waals surface area contributed by atoms with Crippen LogP contribution in [0.1, 0.15) is 12.0 Å². The van der Waals surface area contributed by atoms with E-state index in [1.54, 1.807) is 0 Å². The van der Waals surface area contributed by atoms with Gasteiger partial charge in [-0.25, -0.2) is 9.59 Å². The van der Waals surface area contributed by atoms with E-state index in [0.717, 1.165) is 18.4 Å². The third-order valence-electron chi connectivity index (χ3n) is 4.67. The first-order chi connectivity index (χ1) is 13.1. The summed E-state index contributed by atoms with van der Waals surface area (Å²) in [5, 5.41) is 0. The lowest BCUT2D eigenvalue weighted by atomic mass is 9.95. The molecule has 2 aromatic rings. The van der Waals surface area contributed by atoms with Crippen LogP contribution in [0.2, 0.25) is 0 Å². The second-order valence-electron chi connectivity index (χ2n) is 6.32. The highest BCUT2D eigenvalue weighted by Crippen LogP contribution is 2.31. The van der Waals surface area contributed by atoms with Crippen molar-refractivity contribution in [2.75, 3.05) is 18.6 Å². The quantitative estimate of drug-likeness (QED) is 0.577. The number of anilines is 1. The van der Waals surface area contributed by atoms with Crippen LogP contribution in [0.3, 0.4) is 0 Å². The van der Waals surface area contributed by atoms with Gasteiger partial charge < -0.3 is 14.4 Å². The van der Waals surface area contributed by atoms with Crippen molar-refractivity contribution in [3.63, 3.8) is 0 Å². The lowest BCUT2D eigenvalue weighted by Gasteiger charge is -2.27. The number of hydrogen-bond acceptors (Lipinski definition) is 6. The van der Waals surface area contributed by atoms with Gasteiger partial charge >= 0.3 is 11.9 Å². The molecule has 0 spiro atoms. The fourth-order valence-electron chi connectivity index (χ4n) is 3.33. The first-order valence-corrected chi connectivity index (χ1v) is 8.76. The van der Waals surface area contributed by atoms with Gasteiger partial charge in [-0.3, -0.25) is 4.79 Å². The summed E-state index contributed by atoms with van der Waals surface area (Å²) in [6.45, 7) is 0.584. The van der Waals surface area contributed by atoms with Crippen LogP contribution in [-0.2, 0) is 30.5 Å². The van der Waals surface area contributed by atoms with Crippen molar-refractivity contribution in [2.45, 2.75) is 19.1 Å². The molecule has 6 nitrogen and oxygen atoms in total. The van der Waals surface area contributed by atoms with Crippen molar-refractivity contribution in [2.24, 2.45) is 5.92 Å². The van der Waals surface area contributed by atoms with Crippen LogP contribution in [0.25, 0.3) is 0 Å². The van der Waals surface area contributed by atoms with Gasteiger partial charge in [0.1, 0.15) is 12.6 Å². The molecular formula is C21H21NO5. The first-order valence-electron chi connectivity index (χ1n) is 8.76. The van der Waals surface area contributed by atoms with Gasteiger partial charge in [-0.2, -0.15) is 0 Å². The zero-order valence-electron chi connectivity index (χ0n) is 15.0. The Morgan fingerprint density at radius 1 is 1.00 bits per heavy atom. The Balaban J connectivity index is 1.82. The van der Waals surface area contributed by atoms with Gasteiger partial charge in [0.05, 0.1) is 13.0 Å². The van der Waals surface area contributed by atoms with Gasteiger partial charge in [-0.15, -0.1) is 0 Å². The number of carbonyl (C=O) groups excluding carboxylic acids is 3. The number of esters is 2. The molecule has 2 atom stereocenters. The molecule has 2 unspecified atom stereocenters. The van der Waals surface area contributed by atoms with Crippen molar-refractivity contribution < 1.29 is 23.9 Å². The fourth-order valence-corrected chi connectivity index (χ4v) is 3.33. The molecule has 140 valence electrons. The molecule has 0 saturated carbocycles. The monoisotopic (exact) mass is 367 g/mol. The van der Waals surface area contributed by atoms with Gasteiger partial charge in [0.25, 0.3) is 0 Å². The SMILES string of the molecule is COC(=O)C(=O)C1CCN(c2ccccc2)C1C(=O)OCc1ccccc1. The first kappa shape index (κ1) is 18.6. The number of rotatable bonds is 6. The lowest BCUT2D eigenvalue weighted by molar-refractivity contribution is -0.156. The Kier molecular flexibility index (Phi) is 5.86. The van der Waals surface area contributed by atoms with E-state index in [9.17, 15) is 14.4 Å². The molecule has 1 saturated heterocycles. The second kappa shape index (κ2) is 8.49. The predicted molar refractivity (Wildman–Crippen MR) is 98.9 cm³/mol. The fraction of sp³-hybridized carbons (Fsp3) is 0.286. The van der Waals surface area contributed by atoms with Gasteiger partial charge in [0.15, 0.2) is 0 Å². The highest BCUT2D eigenvalue weighted by Gasteiger charge is 2.46. The normalized spacial score (nSPS) is 18.8. The Labute approximate surface area is 157 Å². The average molecular weight is 367 g/mol. The third kappa shape index (κ3) is 4.16. The number of carbonyl (C=O) groups is 3. The maximum atomic E-state index is 12.9. The standard InChI is InChI=1S/C21H21NO5/c1-26-21(25)19(23)17-12-13-22(16-10-6-3-7-11-16)18(17)20(24)27-14-15-8-4-2-5-9-15/h2-11,17-18H,12-14H2,1H3. The van der Waals surface area contributed by atoms with E-state index in [-0.39, 0.29) is 6.61 Å². The molecule has 1 aliphatic heterocycles. The Morgan fingerprint density at radius 3 is 2.26 bits per heavy atom. The summed E-state index contributed by atoms with van der Waals surface area (Å²) in [5.74, 6) is -2.95. The van der Waals surface area contributed by atoms with Crippen molar-refractivity contribution in [1.82, 2.24) is 0 Å². The number of Topliss-reactive ketones (excluding diaryl/α,β-unsaturated/α-hetero) is 1. The highest BCUT2D eigenvalue weighted by molar-refractivity contribution is 6.35. The predicted octanol–water partition coefficient (Wildman–Crippen LogP) is 2.37. The second-order valence-corrected chi connectivity index (χ2v) is 6.32. The molecule has 1 aliphatic rings. The molecule has 0 aliphatic carbocycles. The van der Waals surface area contributed by atoms with Gasteiger partial charge in [-0.05, 0) is 24.1 Å². The van der Waals surface area contributed by atoms with Crippen LogP contribution >= 0.6 is 0 Å². The Morgan fingerprint density at radius 2 is 1.63 bits per heavy atom. The molecule has 0 N–H and O–H groups in total. The zero-order valence-corrected chi connectivity index (χ0v) is 15.0. The molecule has 2 aromatic carbocycles. The van der Waals surface area contributed by atoms with Crippen molar-refractivity contribution in [1.29, 1.82) is 0 Å². The average Bonchev–Trinajstić information content (AvgIpc) is 3.17. The molecular weight excluding hydrogens is 346 g/mol. The molecule has 0 amide bonds. The van der Waals surface area contributed by atoms with E-state index in [2.05, 4.69) is 4.74 Å². The van der Waals surface area contributed by atoms with E-state index in [0.29, 0.717) is 13.0 Å². The summed E-state index contributed by atoms with van der Waals surface area (Å²) < 4.78 is 10.0. The minimum Gasteiger partial charge on any atom is -0.463 e. The largest absolute Gasteiger partial charge is 0.463 e. The number of methoxy groups -OCH3 is 1. The molecule has 3 rings (SSSR count). The Hall–Kier alpha value is -3.15. The van der Waals surface area contributed by atoms with Crippen LogP contribution in [0.15, 0.2) is 60.7 Å². The number of nitrogens with zero attached hydrogens (tertiary/aromatic N) is 1. The summed E-state index contributed by atoms with van der Waals surface area (Å²) in [7, 11) is 1.16. The molecule has 0 aromatic heterocycles. The number of benzene rings is 2. The van der Waals surface area contributed by atoms with E-state index in [1.165, 1.54) is 0 Å². The smallest absolute Gasteiger partial charge is 0.374 e. The van der Waals surface area contributed by atoms with Crippen LogP contribution in [0.5, 0.6) is 0 Å². The summed E-state index contributed by atoms with van der Waals surface area (Å²) in [6.07, 6.45) is 0.383. The molecule has 0 bridgehead atoms. The van der Waals surface area contributed by atoms with Crippen molar-refractivity contribution in [3.8, 4) is 0 Å². The van der Waals surface area contributed by atoms with Gasteiger partial charge in [0, 0.05) is 12.2 Å². The lowest BCUT2D eigenvalue weighted by Crippen LogP contribution is -2.44. The summed E-state index contributed by atoms with van der Waals surface area (Å²) in [4.78, 5) is 38.9. The number of ether oxygens (including phenoxy) is 2. The van der Waals surface area contributed by atoms with E-state index >= 15 is 0 Å². The number of para-hydroxylation sites is 1. The molecule has 1 fully saturated rings. The third-order valence-corrected chi connectivity index (χ3v) is 4.67. The van der Waals surface area contributed by atoms with E-state index in [4.69, 9.17) is 4.74 Å². The molecule has 0 radical (unpaired) electrons. The van der Waals surface area contributed by atoms with Crippen molar-refractivity contribution in [3.05, 3.63) is 66.2 Å². The van der Waals surface area contributed by atoms with E-state index < -0.39 is 29.7 Å². The Bertz CT molecular complexity index is 806. The van der Waals surface area contributed by atoms with Gasteiger partial charge in [0.2, 0.25) is 5.78 Å². The highest BCUT2D eigenvalue weighted by atomic mass is 16.5. The minimum absolute atomic E-state index is 0.109. The summed E-state index contributed by atoms with van der Waals surface area (Å²) in [6, 6.07) is 17.8. The van der Waals surface area contributed by atoms with Crippen LogP contribution in [0, 0.1) is 5.92 Å². The van der Waals surface area contributed by atoms with E-state index in [1.807, 2.05) is 65.6 Å². The zero-order chi connectivity index (χ0) is 19.2. The topological polar surface area (TPSA) is 72.9 Å². The number of ketones is 1.